The lowest BCUT2D eigenvalue weighted by Gasteiger charge is -2.49. The Bertz CT molecular complexity index is 1600. The molecule has 0 radical (unpaired) electrons. The first-order chi connectivity index (χ1) is 19.3. The Hall–Kier alpha value is -3.08. The topological polar surface area (TPSA) is 163 Å². The van der Waals surface area contributed by atoms with E-state index in [0.717, 1.165) is 5.56 Å². The summed E-state index contributed by atoms with van der Waals surface area (Å²) in [5, 5.41) is 35.1. The van der Waals surface area contributed by atoms with Crippen LogP contribution in [-0.4, -0.2) is 63.8 Å². The molecule has 2 aromatic carbocycles. The highest BCUT2D eigenvalue weighted by atomic mass is 35.5. The maximum atomic E-state index is 14.5. The number of phenolic OH excluding ortho intramolecular Hbond substituents is 1. The maximum Gasteiger partial charge on any atom is 0.251 e. The molecule has 11 heteroatoms. The van der Waals surface area contributed by atoms with Gasteiger partial charge in [-0.1, -0.05) is 29.3 Å². The molecule has 1 heterocycles. The van der Waals surface area contributed by atoms with E-state index in [1.807, 2.05) is 0 Å². The first-order valence-electron chi connectivity index (χ1n) is 13.4. The van der Waals surface area contributed by atoms with Gasteiger partial charge in [-0.25, -0.2) is 0 Å². The van der Waals surface area contributed by atoms with Crippen LogP contribution in [0.2, 0.25) is 10.0 Å². The normalized spacial score (nSPS) is 30.4. The molecule has 6 rings (SSSR count). The van der Waals surface area contributed by atoms with Gasteiger partial charge in [-0.05, 0) is 80.6 Å². The molecule has 1 amide bonds. The molecule has 7 N–H and O–H groups in total. The van der Waals surface area contributed by atoms with E-state index >= 15 is 0 Å². The number of ketones is 1. The van der Waals surface area contributed by atoms with Crippen molar-refractivity contribution < 1.29 is 29.6 Å². The third-order valence-electron chi connectivity index (χ3n) is 9.34. The fourth-order valence-electron chi connectivity index (χ4n) is 7.66. The lowest BCUT2D eigenvalue weighted by atomic mass is 9.55. The molecule has 2 fully saturated rings. The Morgan fingerprint density at radius 2 is 1.85 bits per heavy atom. The smallest absolute Gasteiger partial charge is 0.251 e. The highest BCUT2D eigenvalue weighted by Gasteiger charge is 2.72. The third kappa shape index (κ3) is 3.79. The number of epoxide rings is 1. The van der Waals surface area contributed by atoms with Gasteiger partial charge in [-0.2, -0.15) is 0 Å². The van der Waals surface area contributed by atoms with Gasteiger partial charge in [0.1, 0.15) is 22.9 Å². The molecule has 0 bridgehead atoms. The number of allylic oxidation sites excluding steroid dienone is 1. The van der Waals surface area contributed by atoms with Crippen LogP contribution in [0.25, 0.3) is 16.9 Å². The lowest BCUT2D eigenvalue weighted by Crippen LogP contribution is -2.59. The maximum absolute atomic E-state index is 14.5. The van der Waals surface area contributed by atoms with Crippen molar-refractivity contribution in [2.45, 2.75) is 44.1 Å². The first-order valence-corrected chi connectivity index (χ1v) is 14.2. The quantitative estimate of drug-likeness (QED) is 0.331. The number of Topliss-reactive ketones (excluding diaryl/α,β-unsaturated/α-hetero) is 1. The Kier molecular flexibility index (Phi) is 6.48. The van der Waals surface area contributed by atoms with Gasteiger partial charge in [0.2, 0.25) is 0 Å². The Morgan fingerprint density at radius 3 is 2.41 bits per heavy atom. The number of carbonyl (C=O) groups is 2. The number of nitrogens with zero attached hydrogens (tertiary/aromatic N) is 1. The summed E-state index contributed by atoms with van der Waals surface area (Å²) in [7, 11) is 3.54. The number of hydrogen-bond donors (Lipinski definition) is 5. The minimum absolute atomic E-state index is 0.0108. The zero-order chi connectivity index (χ0) is 29.7. The monoisotopic (exact) mass is 599 g/mol. The molecule has 6 atom stereocenters. The fraction of sp³-hybridized carbons (Fsp3) is 0.400. The van der Waals surface area contributed by atoms with Crippen molar-refractivity contribution in [2.24, 2.45) is 29.2 Å². The summed E-state index contributed by atoms with van der Waals surface area (Å²) in [6, 6.07) is 6.28. The zero-order valence-electron chi connectivity index (χ0n) is 22.7. The van der Waals surface area contributed by atoms with Crippen molar-refractivity contribution in [2.75, 3.05) is 14.1 Å². The number of aliphatic hydroxyl groups is 2. The second kappa shape index (κ2) is 9.47. The number of fused-ring (bicyclic) bond motifs is 4. The summed E-state index contributed by atoms with van der Waals surface area (Å²) in [4.78, 5) is 28.9. The Labute approximate surface area is 247 Å². The highest BCUT2D eigenvalue weighted by Crippen LogP contribution is 2.62. The van der Waals surface area contributed by atoms with E-state index in [1.54, 1.807) is 50.2 Å². The van der Waals surface area contributed by atoms with Crippen LogP contribution in [0.3, 0.4) is 0 Å². The number of nitrogens with two attached hydrogens (primary N) is 2. The Morgan fingerprint density at radius 1 is 1.17 bits per heavy atom. The number of ether oxygens (including phenoxy) is 1. The number of benzene rings is 2. The number of halogens is 2. The van der Waals surface area contributed by atoms with Crippen LogP contribution in [0.5, 0.6) is 5.75 Å². The van der Waals surface area contributed by atoms with E-state index in [1.165, 1.54) is 0 Å². The summed E-state index contributed by atoms with van der Waals surface area (Å²) in [5.74, 6) is -3.67. The van der Waals surface area contributed by atoms with Crippen LogP contribution in [-0.2, 0) is 27.3 Å². The van der Waals surface area contributed by atoms with Gasteiger partial charge >= 0.3 is 0 Å². The minimum atomic E-state index is -1.38. The largest absolute Gasteiger partial charge is 0.510 e. The second-order valence-electron chi connectivity index (χ2n) is 11.6. The number of phenols is 1. The number of aliphatic hydroxyl groups excluding tert-OH is 2. The van der Waals surface area contributed by atoms with Gasteiger partial charge in [0.25, 0.3) is 5.91 Å². The van der Waals surface area contributed by atoms with Crippen molar-refractivity contribution in [1.29, 1.82) is 0 Å². The van der Waals surface area contributed by atoms with Gasteiger partial charge in [0.05, 0.1) is 39.2 Å². The molecule has 1 saturated carbocycles. The summed E-state index contributed by atoms with van der Waals surface area (Å²) < 4.78 is 5.95. The van der Waals surface area contributed by atoms with Gasteiger partial charge in [0.15, 0.2) is 5.78 Å². The van der Waals surface area contributed by atoms with Crippen LogP contribution < -0.4 is 11.5 Å². The predicted molar refractivity (Wildman–Crippen MR) is 154 cm³/mol. The minimum Gasteiger partial charge on any atom is -0.510 e. The molecule has 216 valence electrons. The predicted octanol–water partition coefficient (Wildman–Crippen LogP) is 3.87. The van der Waals surface area contributed by atoms with E-state index in [4.69, 9.17) is 39.4 Å². The van der Waals surface area contributed by atoms with Crippen LogP contribution >= 0.6 is 23.2 Å². The van der Waals surface area contributed by atoms with Crippen LogP contribution in [0.4, 0.5) is 0 Å². The highest BCUT2D eigenvalue weighted by molar-refractivity contribution is 6.42. The van der Waals surface area contributed by atoms with Crippen LogP contribution in [0.1, 0.15) is 30.0 Å². The fourth-order valence-corrected chi connectivity index (χ4v) is 7.96. The molecule has 4 aliphatic rings. The summed E-state index contributed by atoms with van der Waals surface area (Å²) in [6.45, 7) is 1.72. The van der Waals surface area contributed by atoms with Crippen molar-refractivity contribution in [3.05, 3.63) is 67.9 Å². The number of rotatable bonds is 4. The molecule has 9 nitrogen and oxygen atoms in total. The molecule has 1 spiro atoms. The van der Waals surface area contributed by atoms with E-state index in [9.17, 15) is 24.9 Å². The molecule has 41 heavy (non-hydrogen) atoms. The third-order valence-corrected chi connectivity index (χ3v) is 10.1. The molecular formula is C30H31Cl2N3O6. The molecule has 4 unspecified atom stereocenters. The number of aromatic hydroxyl groups is 1. The SMILES string of the molecule is CC1O[C@@]12C(C(N)=O)=C(O)[C@H](N(C)C)C1CC3Cc4c(-c5ccc(Cl)c(Cl)c5)cc(CN)c(O)c4C(O)=C3C(=O)C12. The van der Waals surface area contributed by atoms with Crippen molar-refractivity contribution >= 4 is 40.7 Å². The van der Waals surface area contributed by atoms with E-state index in [0.29, 0.717) is 39.6 Å². The molecule has 0 aromatic heterocycles. The number of primary amides is 1. The molecule has 1 aliphatic heterocycles. The molecule has 2 aromatic rings. The Balaban J connectivity index is 1.57. The zero-order valence-corrected chi connectivity index (χ0v) is 24.3. The van der Waals surface area contributed by atoms with Crippen molar-refractivity contribution in [1.82, 2.24) is 4.90 Å². The van der Waals surface area contributed by atoms with Crippen molar-refractivity contribution in [3.63, 3.8) is 0 Å². The number of likely N-dealkylation sites (N-methyl/N-ethyl adjacent to an activating group) is 1. The average Bonchev–Trinajstić information content (AvgIpc) is 3.54. The number of carbonyl (C=O) groups excluding carboxylic acids is 2. The molecular weight excluding hydrogens is 569 g/mol. The standard InChI is InChI=1S/C30H31Cl2N3O6/c1-11-30(41-11)22-17(24(35(2)3)28(39)23(30)29(34)40)7-13-6-16-15(12-4-5-18(31)19(32)9-12)8-14(10-33)25(36)21(16)26(37)20(13)27(22)38/h4-5,8-9,11,13,17,22,24,36-37,39H,6-7,10,33H2,1-3H3,(H2,34,40)/t11?,13?,17?,22?,24-,30+/m1/s1. The van der Waals surface area contributed by atoms with Gasteiger partial charge in [-0.15, -0.1) is 0 Å². The van der Waals surface area contributed by atoms with Crippen LogP contribution in [0.15, 0.2) is 41.2 Å². The second-order valence-corrected chi connectivity index (χ2v) is 12.4. The van der Waals surface area contributed by atoms with E-state index in [2.05, 4.69) is 0 Å². The number of hydrogen-bond acceptors (Lipinski definition) is 8. The van der Waals surface area contributed by atoms with Crippen LogP contribution in [0, 0.1) is 17.8 Å². The summed E-state index contributed by atoms with van der Waals surface area (Å²) in [5.41, 5.74) is 13.0. The van der Waals surface area contributed by atoms with Crippen molar-refractivity contribution in [3.8, 4) is 16.9 Å². The number of amides is 1. The van der Waals surface area contributed by atoms with Gasteiger partial charge < -0.3 is 31.5 Å². The summed E-state index contributed by atoms with van der Waals surface area (Å²) in [6.07, 6.45) is 0.195. The molecule has 3 aliphatic carbocycles. The van der Waals surface area contributed by atoms with E-state index < -0.39 is 41.4 Å². The average molecular weight is 600 g/mol. The van der Waals surface area contributed by atoms with Gasteiger partial charge in [-0.3, -0.25) is 14.5 Å². The van der Waals surface area contributed by atoms with Gasteiger partial charge in [0, 0.05) is 17.7 Å². The lowest BCUT2D eigenvalue weighted by molar-refractivity contribution is -0.129. The van der Waals surface area contributed by atoms with E-state index in [-0.39, 0.29) is 46.3 Å². The summed E-state index contributed by atoms with van der Waals surface area (Å²) >= 11 is 12.5. The molecule has 1 saturated heterocycles. The first kappa shape index (κ1) is 28.1.